The van der Waals surface area contributed by atoms with Gasteiger partial charge in [-0.05, 0) is 0 Å². The normalized spacial score (nSPS) is 10.5. The van der Waals surface area contributed by atoms with E-state index < -0.39 is 0 Å². The molecular weight excluding hydrogens is 307 g/mol. The first-order chi connectivity index (χ1) is 9.26. The van der Waals surface area contributed by atoms with Crippen molar-refractivity contribution in [2.24, 2.45) is 0 Å². The third kappa shape index (κ3) is 1.97. The van der Waals surface area contributed by atoms with Crippen LogP contribution in [0.3, 0.4) is 0 Å². The van der Waals surface area contributed by atoms with E-state index in [-0.39, 0.29) is 26.5 Å². The standard InChI is InChI=1S/C12H4N6Se/c13-3-7(4-14)9-1-2-10(8(5-15)6-16)12-11(9)17-19-18-12/h1-2,17-18H. The van der Waals surface area contributed by atoms with Crippen LogP contribution in [0, 0.1) is 45.3 Å². The number of nitriles is 4. The number of nitrogens with one attached hydrogen (secondary N) is 2. The Morgan fingerprint density at radius 3 is 1.47 bits per heavy atom. The van der Waals surface area contributed by atoms with Crippen LogP contribution < -0.4 is 19.1 Å². The first-order valence-electron chi connectivity index (χ1n) is 4.96. The van der Waals surface area contributed by atoms with Crippen LogP contribution in [0.25, 0.3) is 11.1 Å². The van der Waals surface area contributed by atoms with E-state index in [2.05, 4.69) is 8.67 Å². The van der Waals surface area contributed by atoms with Crippen LogP contribution in [0.1, 0.15) is 0 Å². The summed E-state index contributed by atoms with van der Waals surface area (Å²) in [5.41, 5.74) is 1.17. The zero-order valence-corrected chi connectivity index (χ0v) is 11.1. The maximum absolute atomic E-state index is 8.92. The summed E-state index contributed by atoms with van der Waals surface area (Å²) in [6.45, 7) is 0. The Morgan fingerprint density at radius 2 is 1.16 bits per heavy atom. The van der Waals surface area contributed by atoms with Gasteiger partial charge in [0.2, 0.25) is 0 Å². The quantitative estimate of drug-likeness (QED) is 0.621. The van der Waals surface area contributed by atoms with Gasteiger partial charge in [-0.25, -0.2) is 0 Å². The molecule has 0 unspecified atom stereocenters. The molecule has 6 nitrogen and oxygen atoms in total. The van der Waals surface area contributed by atoms with E-state index in [9.17, 15) is 0 Å². The van der Waals surface area contributed by atoms with Crippen LogP contribution in [-0.2, 0) is 0 Å². The molecule has 19 heavy (non-hydrogen) atoms. The Hall–Kier alpha value is -2.96. The Bertz CT molecular complexity index is 738. The number of hydrogen-bond acceptors (Lipinski definition) is 6. The number of anilines is 2. The van der Waals surface area contributed by atoms with Gasteiger partial charge in [0, 0.05) is 0 Å². The summed E-state index contributed by atoms with van der Waals surface area (Å²) in [6, 6.07) is 10.5. The second-order valence-electron chi connectivity index (χ2n) is 3.41. The van der Waals surface area contributed by atoms with Crippen molar-refractivity contribution < 1.29 is 0 Å². The van der Waals surface area contributed by atoms with E-state index in [1.54, 1.807) is 12.1 Å². The van der Waals surface area contributed by atoms with Crippen molar-refractivity contribution in [1.29, 1.82) is 21.0 Å². The van der Waals surface area contributed by atoms with Crippen LogP contribution in [0.2, 0.25) is 0 Å². The van der Waals surface area contributed by atoms with E-state index in [1.165, 1.54) is 0 Å². The Kier molecular flexibility index (Phi) is 3.37. The zero-order chi connectivity index (χ0) is 13.8. The molecule has 0 atom stereocenters. The van der Waals surface area contributed by atoms with Crippen LogP contribution in [0.5, 0.6) is 0 Å². The molecule has 0 fully saturated rings. The van der Waals surface area contributed by atoms with Crippen molar-refractivity contribution >= 4 is 37.9 Å². The molecule has 2 rings (SSSR count). The molecule has 88 valence electrons. The number of benzene rings is 1. The van der Waals surface area contributed by atoms with E-state index in [4.69, 9.17) is 21.0 Å². The monoisotopic (exact) mass is 312 g/mol. The third-order valence-corrected chi connectivity index (χ3v) is 3.78. The van der Waals surface area contributed by atoms with Crippen molar-refractivity contribution in [2.45, 2.75) is 0 Å². The fraction of sp³-hybridized carbons (Fsp3) is 0. The van der Waals surface area contributed by atoms with Gasteiger partial charge in [0.15, 0.2) is 0 Å². The molecule has 0 saturated heterocycles. The minimum atomic E-state index is -0.140. The summed E-state index contributed by atoms with van der Waals surface area (Å²) in [5, 5.41) is 36.6. The molecule has 0 saturated carbocycles. The average molecular weight is 311 g/mol. The summed E-state index contributed by atoms with van der Waals surface area (Å²) < 4.78 is 6.11. The van der Waals surface area contributed by atoms with Crippen LogP contribution in [0.4, 0.5) is 11.4 Å². The average Bonchev–Trinajstić information content (AvgIpc) is 2.92. The van der Waals surface area contributed by atoms with Gasteiger partial charge in [-0.3, -0.25) is 0 Å². The van der Waals surface area contributed by atoms with Crippen LogP contribution >= 0.6 is 0 Å². The Balaban J connectivity index is 2.99. The van der Waals surface area contributed by atoms with Gasteiger partial charge in [-0.15, -0.1) is 0 Å². The first kappa shape index (κ1) is 12.5. The molecule has 1 aromatic carbocycles. The van der Waals surface area contributed by atoms with Crippen molar-refractivity contribution in [1.82, 2.24) is 0 Å². The van der Waals surface area contributed by atoms with E-state index >= 15 is 0 Å². The number of nitrogens with zero attached hydrogens (tertiary/aromatic N) is 4. The van der Waals surface area contributed by atoms with Gasteiger partial charge in [0.25, 0.3) is 0 Å². The summed E-state index contributed by atoms with van der Waals surface area (Å²) in [6.07, 6.45) is 0. The second kappa shape index (κ2) is 5.13. The molecule has 0 amide bonds. The van der Waals surface area contributed by atoms with Crippen molar-refractivity contribution in [3.8, 4) is 24.3 Å². The molecule has 1 aliphatic rings. The molecule has 7 heteroatoms. The fourth-order valence-corrected chi connectivity index (χ4v) is 3.07. The molecule has 0 spiro atoms. The molecule has 0 aliphatic carbocycles. The summed E-state index contributed by atoms with van der Waals surface area (Å²) in [4.78, 5) is 0. The van der Waals surface area contributed by atoms with Crippen molar-refractivity contribution in [3.05, 3.63) is 22.6 Å². The van der Waals surface area contributed by atoms with E-state index in [0.29, 0.717) is 21.8 Å². The summed E-state index contributed by atoms with van der Waals surface area (Å²) in [7, 11) is 0. The molecule has 1 aliphatic heterocycles. The van der Waals surface area contributed by atoms with Gasteiger partial charge in [0.05, 0.1) is 0 Å². The predicted molar refractivity (Wildman–Crippen MR) is 68.0 cm³/mol. The van der Waals surface area contributed by atoms with Gasteiger partial charge < -0.3 is 0 Å². The molecule has 1 aromatic rings. The second-order valence-corrected chi connectivity index (χ2v) is 4.70. The minimum absolute atomic E-state index is 0.00901. The number of rotatable bonds is 0. The first-order valence-corrected chi connectivity index (χ1v) is 6.68. The topological polar surface area (TPSA) is 119 Å². The molecular formula is C12H4N6Se. The van der Waals surface area contributed by atoms with Gasteiger partial charge in [0.1, 0.15) is 0 Å². The predicted octanol–water partition coefficient (Wildman–Crippen LogP) is -0.546. The number of hydrogen-bond donors (Lipinski definition) is 2. The summed E-state index contributed by atoms with van der Waals surface area (Å²) >= 11 is -0.140. The van der Waals surface area contributed by atoms with Crippen molar-refractivity contribution in [2.75, 3.05) is 8.67 Å². The maximum atomic E-state index is 8.92. The van der Waals surface area contributed by atoms with E-state index in [1.807, 2.05) is 24.3 Å². The molecule has 0 bridgehead atoms. The number of fused-ring (bicyclic) bond motifs is 1. The Morgan fingerprint density at radius 1 is 0.789 bits per heavy atom. The van der Waals surface area contributed by atoms with Gasteiger partial charge >= 0.3 is 114 Å². The fourth-order valence-electron chi connectivity index (χ4n) is 1.65. The zero-order valence-electron chi connectivity index (χ0n) is 9.35. The van der Waals surface area contributed by atoms with Gasteiger partial charge in [-0.1, -0.05) is 0 Å². The Labute approximate surface area is 115 Å². The molecule has 0 radical (unpaired) electrons. The molecule has 1 heterocycles. The van der Waals surface area contributed by atoms with E-state index in [0.717, 1.165) is 0 Å². The SMILES string of the molecule is N#CC(C#N)=c1ccc(=C(C#N)C#N)c2c1N[Se]N2. The van der Waals surface area contributed by atoms with Crippen molar-refractivity contribution in [3.63, 3.8) is 0 Å². The van der Waals surface area contributed by atoms with Gasteiger partial charge in [-0.2, -0.15) is 0 Å². The van der Waals surface area contributed by atoms with Crippen LogP contribution in [-0.4, -0.2) is 15.4 Å². The third-order valence-electron chi connectivity index (χ3n) is 2.50. The van der Waals surface area contributed by atoms with Crippen LogP contribution in [0.15, 0.2) is 12.1 Å². The molecule has 2 N–H and O–H groups in total. The summed E-state index contributed by atoms with van der Waals surface area (Å²) in [5.74, 6) is 0. The molecule has 0 aromatic heterocycles.